The van der Waals surface area contributed by atoms with Crippen LogP contribution in [0.5, 0.6) is 0 Å². The Hall–Kier alpha value is -1.09. The summed E-state index contributed by atoms with van der Waals surface area (Å²) in [5.41, 5.74) is 7.67. The van der Waals surface area contributed by atoms with Gasteiger partial charge in [0.25, 0.3) is 0 Å². The smallest absolute Gasteiger partial charge is 0.146 e. The van der Waals surface area contributed by atoms with Crippen LogP contribution >= 0.6 is 0 Å². The maximum Gasteiger partial charge on any atom is 0.146 e. The van der Waals surface area contributed by atoms with Gasteiger partial charge in [-0.2, -0.15) is 0 Å². The Morgan fingerprint density at radius 2 is 1.95 bits per heavy atom. The predicted octanol–water partition coefficient (Wildman–Crippen LogP) is 3.59. The van der Waals surface area contributed by atoms with Crippen LogP contribution in [0.25, 0.3) is 0 Å². The number of nitrogens with zero attached hydrogens (tertiary/aromatic N) is 1. The van der Waals surface area contributed by atoms with Crippen LogP contribution in [0.15, 0.2) is 18.2 Å². The maximum absolute atomic E-state index is 14.1. The Kier molecular flexibility index (Phi) is 5.36. The molecule has 1 rings (SSSR count). The second-order valence-electron chi connectivity index (χ2n) is 6.57. The van der Waals surface area contributed by atoms with Crippen molar-refractivity contribution in [2.45, 2.75) is 46.6 Å². The van der Waals surface area contributed by atoms with E-state index in [1.807, 2.05) is 31.0 Å². The van der Waals surface area contributed by atoms with Gasteiger partial charge in [-0.15, -0.1) is 0 Å². The van der Waals surface area contributed by atoms with Crippen molar-refractivity contribution in [2.75, 3.05) is 18.5 Å². The van der Waals surface area contributed by atoms with E-state index >= 15 is 0 Å². The zero-order valence-electron chi connectivity index (χ0n) is 12.8. The van der Waals surface area contributed by atoms with Gasteiger partial charge < -0.3 is 10.6 Å². The first-order valence-corrected chi connectivity index (χ1v) is 6.98. The van der Waals surface area contributed by atoms with Crippen LogP contribution in [-0.2, 0) is 6.42 Å². The number of anilines is 1. The van der Waals surface area contributed by atoms with Gasteiger partial charge in [0.15, 0.2) is 0 Å². The largest absolute Gasteiger partial charge is 0.372 e. The van der Waals surface area contributed by atoms with Crippen LogP contribution in [-0.4, -0.2) is 19.6 Å². The summed E-state index contributed by atoms with van der Waals surface area (Å²) in [6.45, 7) is 9.31. The van der Waals surface area contributed by atoms with Crippen LogP contribution in [0.2, 0.25) is 0 Å². The summed E-state index contributed by atoms with van der Waals surface area (Å²) in [4.78, 5) is 1.97. The average Bonchev–Trinajstić information content (AvgIpc) is 2.26. The van der Waals surface area contributed by atoms with E-state index in [1.165, 1.54) is 0 Å². The van der Waals surface area contributed by atoms with Gasteiger partial charge >= 0.3 is 0 Å². The van der Waals surface area contributed by atoms with Crippen LogP contribution in [0, 0.1) is 11.2 Å². The maximum atomic E-state index is 14.1. The van der Waals surface area contributed by atoms with Crippen LogP contribution in [0.1, 0.15) is 39.7 Å². The fraction of sp³-hybridized carbons (Fsp3) is 0.625. The lowest BCUT2D eigenvalue weighted by Crippen LogP contribution is -2.29. The van der Waals surface area contributed by atoms with E-state index in [4.69, 9.17) is 5.73 Å². The highest BCUT2D eigenvalue weighted by Gasteiger charge is 2.16. The molecule has 0 spiro atoms. The molecule has 0 fully saturated rings. The topological polar surface area (TPSA) is 29.3 Å². The van der Waals surface area contributed by atoms with E-state index in [0.29, 0.717) is 5.69 Å². The highest BCUT2D eigenvalue weighted by Crippen LogP contribution is 2.24. The molecule has 19 heavy (non-hydrogen) atoms. The number of hydrogen-bond donors (Lipinski definition) is 1. The molecule has 2 nitrogen and oxygen atoms in total. The Morgan fingerprint density at radius 1 is 1.32 bits per heavy atom. The van der Waals surface area contributed by atoms with Crippen molar-refractivity contribution in [1.29, 1.82) is 0 Å². The highest BCUT2D eigenvalue weighted by molar-refractivity contribution is 5.48. The molecule has 1 unspecified atom stereocenters. The van der Waals surface area contributed by atoms with Crippen molar-refractivity contribution in [1.82, 2.24) is 0 Å². The van der Waals surface area contributed by atoms with Gasteiger partial charge in [-0.05, 0) is 36.0 Å². The third-order valence-electron chi connectivity index (χ3n) is 3.16. The number of nitrogens with two attached hydrogens (primary N) is 1. The fourth-order valence-corrected chi connectivity index (χ4v) is 2.23. The van der Waals surface area contributed by atoms with E-state index in [0.717, 1.165) is 24.9 Å². The van der Waals surface area contributed by atoms with E-state index < -0.39 is 0 Å². The minimum Gasteiger partial charge on any atom is -0.372 e. The minimum absolute atomic E-state index is 0.109. The van der Waals surface area contributed by atoms with Crippen molar-refractivity contribution in [3.8, 4) is 0 Å². The molecule has 1 aromatic rings. The van der Waals surface area contributed by atoms with Crippen molar-refractivity contribution >= 4 is 5.69 Å². The summed E-state index contributed by atoms with van der Waals surface area (Å²) in [6, 6.07) is 5.56. The van der Waals surface area contributed by atoms with E-state index in [1.54, 1.807) is 6.07 Å². The molecule has 0 bridgehead atoms. The second-order valence-corrected chi connectivity index (χ2v) is 6.57. The summed E-state index contributed by atoms with van der Waals surface area (Å²) in [6.07, 6.45) is 1.64. The van der Waals surface area contributed by atoms with Gasteiger partial charge in [0.2, 0.25) is 0 Å². The first kappa shape index (κ1) is 16.0. The Bertz CT molecular complexity index is 410. The lowest BCUT2D eigenvalue weighted by atomic mass is 9.96. The molecule has 0 saturated carbocycles. The Morgan fingerprint density at radius 3 is 2.42 bits per heavy atom. The van der Waals surface area contributed by atoms with Gasteiger partial charge in [-0.25, -0.2) is 4.39 Å². The van der Waals surface area contributed by atoms with Crippen molar-refractivity contribution in [3.63, 3.8) is 0 Å². The first-order chi connectivity index (χ1) is 8.73. The summed E-state index contributed by atoms with van der Waals surface area (Å²) >= 11 is 0. The highest BCUT2D eigenvalue weighted by atomic mass is 19.1. The lowest BCUT2D eigenvalue weighted by molar-refractivity contribution is 0.417. The fourth-order valence-electron chi connectivity index (χ4n) is 2.23. The van der Waals surface area contributed by atoms with Crippen LogP contribution in [0.3, 0.4) is 0 Å². The molecule has 0 aliphatic heterocycles. The van der Waals surface area contributed by atoms with Crippen molar-refractivity contribution in [2.24, 2.45) is 11.1 Å². The molecule has 1 atom stereocenters. The van der Waals surface area contributed by atoms with E-state index in [-0.39, 0.29) is 17.3 Å². The zero-order chi connectivity index (χ0) is 14.6. The Labute approximate surface area is 116 Å². The lowest BCUT2D eigenvalue weighted by Gasteiger charge is -2.28. The normalized spacial score (nSPS) is 13.4. The quantitative estimate of drug-likeness (QED) is 0.882. The minimum atomic E-state index is -0.160. The number of hydrogen-bond acceptors (Lipinski definition) is 2. The average molecular weight is 266 g/mol. The zero-order valence-corrected chi connectivity index (χ0v) is 12.8. The molecule has 0 aliphatic rings. The van der Waals surface area contributed by atoms with Gasteiger partial charge in [-0.3, -0.25) is 0 Å². The summed E-state index contributed by atoms with van der Waals surface area (Å²) in [7, 11) is 1.93. The molecular formula is C16H27FN2. The van der Waals surface area contributed by atoms with Crippen LogP contribution < -0.4 is 10.6 Å². The van der Waals surface area contributed by atoms with Gasteiger partial charge in [0.05, 0.1) is 5.69 Å². The standard InChI is InChI=1S/C16H27FN2/c1-6-13(18)9-12-7-8-15(14(17)10-12)19(5)11-16(2,3)4/h7-8,10,13H,6,9,11,18H2,1-5H3. The second kappa shape index (κ2) is 6.38. The Balaban J connectivity index is 2.82. The first-order valence-electron chi connectivity index (χ1n) is 6.98. The molecule has 108 valence electrons. The molecule has 0 aromatic heterocycles. The summed E-state index contributed by atoms with van der Waals surface area (Å²) in [5.74, 6) is -0.160. The van der Waals surface area contributed by atoms with Gasteiger partial charge in [0.1, 0.15) is 5.82 Å². The molecule has 0 saturated heterocycles. The van der Waals surface area contributed by atoms with Crippen molar-refractivity contribution < 1.29 is 4.39 Å². The third-order valence-corrected chi connectivity index (χ3v) is 3.16. The SMILES string of the molecule is CCC(N)Cc1ccc(N(C)CC(C)(C)C)c(F)c1. The number of rotatable bonds is 5. The van der Waals surface area contributed by atoms with Gasteiger partial charge in [-0.1, -0.05) is 33.8 Å². The molecule has 0 radical (unpaired) electrons. The monoisotopic (exact) mass is 266 g/mol. The molecule has 0 aliphatic carbocycles. The van der Waals surface area contributed by atoms with E-state index in [9.17, 15) is 4.39 Å². The molecule has 3 heteroatoms. The molecule has 2 N–H and O–H groups in total. The van der Waals surface area contributed by atoms with Gasteiger partial charge in [0, 0.05) is 19.6 Å². The van der Waals surface area contributed by atoms with Crippen LogP contribution in [0.4, 0.5) is 10.1 Å². The number of halogens is 1. The van der Waals surface area contributed by atoms with E-state index in [2.05, 4.69) is 20.8 Å². The molecule has 0 amide bonds. The third kappa shape index (κ3) is 5.19. The number of benzene rings is 1. The summed E-state index contributed by atoms with van der Waals surface area (Å²) < 4.78 is 14.1. The molecule has 0 heterocycles. The molecule has 1 aromatic carbocycles. The predicted molar refractivity (Wildman–Crippen MR) is 81.1 cm³/mol. The summed E-state index contributed by atoms with van der Waals surface area (Å²) in [5, 5.41) is 0. The van der Waals surface area contributed by atoms with Crippen molar-refractivity contribution in [3.05, 3.63) is 29.6 Å². The molecular weight excluding hydrogens is 239 g/mol.